The lowest BCUT2D eigenvalue weighted by molar-refractivity contribution is 0.425. The van der Waals surface area contributed by atoms with E-state index in [4.69, 9.17) is 4.52 Å². The maximum atomic E-state index is 13.4. The van der Waals surface area contributed by atoms with E-state index in [1.54, 1.807) is 24.3 Å². The number of hydrogen-bond acceptors (Lipinski definition) is 4. The van der Waals surface area contributed by atoms with E-state index in [1.807, 2.05) is 6.92 Å². The highest BCUT2D eigenvalue weighted by Crippen LogP contribution is 2.31. The van der Waals surface area contributed by atoms with Crippen molar-refractivity contribution in [3.8, 4) is 28.6 Å². The zero-order chi connectivity index (χ0) is 15.0. The second-order valence-corrected chi connectivity index (χ2v) is 5.79. The molecule has 1 N–H and O–H groups in total. The Morgan fingerprint density at radius 1 is 1.14 bits per heavy atom. The molecular weight excluding hydrogens is 386 g/mol. The molecule has 0 bridgehead atoms. The third-order valence-corrected chi connectivity index (χ3v) is 3.73. The van der Waals surface area contributed by atoms with E-state index in [1.165, 1.54) is 12.1 Å². The maximum Gasteiger partial charge on any atom is 0.262 e. The van der Waals surface area contributed by atoms with Gasteiger partial charge in [0.05, 0.1) is 5.56 Å². The van der Waals surface area contributed by atoms with E-state index in [0.717, 1.165) is 9.13 Å². The lowest BCUT2D eigenvalue weighted by Gasteiger charge is -2.00. The minimum absolute atomic E-state index is 0.0570. The third-order valence-electron chi connectivity index (χ3n) is 3.06. The smallest absolute Gasteiger partial charge is 0.262 e. The monoisotopic (exact) mass is 396 g/mol. The largest absolute Gasteiger partial charge is 0.507 e. The molecule has 106 valence electrons. The minimum Gasteiger partial charge on any atom is -0.507 e. The van der Waals surface area contributed by atoms with Gasteiger partial charge in [-0.15, -0.1) is 0 Å². The molecule has 6 heteroatoms. The average molecular weight is 396 g/mol. The first kappa shape index (κ1) is 14.0. The maximum absolute atomic E-state index is 13.4. The summed E-state index contributed by atoms with van der Waals surface area (Å²) in [5, 5.41) is 13.7. The first-order chi connectivity index (χ1) is 10.0. The van der Waals surface area contributed by atoms with Crippen LogP contribution in [0.1, 0.15) is 5.56 Å². The molecule has 0 amide bonds. The number of phenolic OH excluding ortho intramolecular Hbond substituents is 1. The van der Waals surface area contributed by atoms with Crippen molar-refractivity contribution in [2.45, 2.75) is 6.92 Å². The first-order valence-corrected chi connectivity index (χ1v) is 7.21. The minimum atomic E-state index is -0.362. The molecule has 0 fully saturated rings. The highest BCUT2D eigenvalue weighted by atomic mass is 127. The van der Waals surface area contributed by atoms with Gasteiger partial charge in [0.25, 0.3) is 5.89 Å². The molecule has 1 heterocycles. The number of aryl methyl sites for hydroxylation is 1. The first-order valence-electron chi connectivity index (χ1n) is 6.14. The summed E-state index contributed by atoms with van der Waals surface area (Å²) in [4.78, 5) is 4.25. The van der Waals surface area contributed by atoms with Crippen LogP contribution in [0.3, 0.4) is 0 Å². The molecule has 0 atom stereocenters. The van der Waals surface area contributed by atoms with Crippen LogP contribution < -0.4 is 0 Å². The van der Waals surface area contributed by atoms with Gasteiger partial charge in [-0.05, 0) is 65.4 Å². The van der Waals surface area contributed by atoms with Crippen LogP contribution in [0, 0.1) is 16.3 Å². The molecule has 0 saturated carbocycles. The van der Waals surface area contributed by atoms with E-state index in [2.05, 4.69) is 32.7 Å². The highest BCUT2D eigenvalue weighted by Gasteiger charge is 2.16. The Balaban J connectivity index is 2.08. The molecule has 0 aliphatic carbocycles. The molecule has 4 nitrogen and oxygen atoms in total. The molecule has 1 aromatic heterocycles. The summed E-state index contributed by atoms with van der Waals surface area (Å²) in [5.74, 6) is 0.186. The number of aromatic nitrogens is 2. The van der Waals surface area contributed by atoms with Crippen molar-refractivity contribution >= 4 is 22.6 Å². The molecule has 0 spiro atoms. The van der Waals surface area contributed by atoms with Gasteiger partial charge < -0.3 is 9.63 Å². The van der Waals surface area contributed by atoms with Crippen LogP contribution in [-0.2, 0) is 0 Å². The molecule has 0 aliphatic rings. The molecule has 3 rings (SSSR count). The van der Waals surface area contributed by atoms with E-state index in [-0.39, 0.29) is 17.5 Å². The van der Waals surface area contributed by atoms with Crippen molar-refractivity contribution in [2.75, 3.05) is 0 Å². The fourth-order valence-corrected chi connectivity index (χ4v) is 2.45. The molecule has 2 aromatic carbocycles. The van der Waals surface area contributed by atoms with Crippen LogP contribution in [0.4, 0.5) is 4.39 Å². The quantitative estimate of drug-likeness (QED) is 0.661. The van der Waals surface area contributed by atoms with E-state index >= 15 is 0 Å². The predicted molar refractivity (Wildman–Crippen MR) is 84.2 cm³/mol. The molecule has 0 aliphatic heterocycles. The number of rotatable bonds is 2. The summed E-state index contributed by atoms with van der Waals surface area (Å²) in [6.45, 7) is 1.84. The number of nitrogens with zero attached hydrogens (tertiary/aromatic N) is 2. The lowest BCUT2D eigenvalue weighted by atomic mass is 10.1. The lowest BCUT2D eigenvalue weighted by Crippen LogP contribution is -1.87. The molecule has 21 heavy (non-hydrogen) atoms. The van der Waals surface area contributed by atoms with Crippen molar-refractivity contribution in [1.82, 2.24) is 10.1 Å². The average Bonchev–Trinajstić information content (AvgIpc) is 2.93. The van der Waals surface area contributed by atoms with Gasteiger partial charge in [-0.2, -0.15) is 4.98 Å². The summed E-state index contributed by atoms with van der Waals surface area (Å²) in [7, 11) is 0. The highest BCUT2D eigenvalue weighted by molar-refractivity contribution is 14.1. The Morgan fingerprint density at radius 2 is 1.95 bits per heavy atom. The number of halogens is 2. The molecule has 0 radical (unpaired) electrons. The van der Waals surface area contributed by atoms with E-state index in [0.29, 0.717) is 17.0 Å². The van der Waals surface area contributed by atoms with Gasteiger partial charge in [-0.3, -0.25) is 0 Å². The standard InChI is InChI=1S/C15H10FIN2O2/c1-8-2-3-9(16)6-11(8)14-18-15(21-19-14)12-7-10(17)4-5-13(12)20/h2-7,20H,1H3. The number of benzene rings is 2. The van der Waals surface area contributed by atoms with E-state index in [9.17, 15) is 9.50 Å². The third kappa shape index (κ3) is 2.76. The number of phenols is 1. The topological polar surface area (TPSA) is 59.2 Å². The summed E-state index contributed by atoms with van der Waals surface area (Å²) in [6.07, 6.45) is 0. The Kier molecular flexibility index (Phi) is 3.62. The summed E-state index contributed by atoms with van der Waals surface area (Å²) < 4.78 is 19.5. The van der Waals surface area contributed by atoms with Crippen LogP contribution in [0.15, 0.2) is 40.9 Å². The fraction of sp³-hybridized carbons (Fsp3) is 0.0667. The van der Waals surface area contributed by atoms with Crippen LogP contribution >= 0.6 is 22.6 Å². The summed E-state index contributed by atoms with van der Waals surface area (Å²) in [5.41, 5.74) is 1.86. The zero-order valence-corrected chi connectivity index (χ0v) is 13.1. The van der Waals surface area contributed by atoms with Gasteiger partial charge in [0.15, 0.2) is 0 Å². The molecule has 3 aromatic rings. The van der Waals surface area contributed by atoms with Crippen LogP contribution in [0.5, 0.6) is 5.75 Å². The second kappa shape index (κ2) is 5.44. The molecular formula is C15H10FIN2O2. The second-order valence-electron chi connectivity index (χ2n) is 4.54. The van der Waals surface area contributed by atoms with Gasteiger partial charge in [0, 0.05) is 9.13 Å². The van der Waals surface area contributed by atoms with Crippen molar-refractivity contribution in [3.63, 3.8) is 0 Å². The Bertz CT molecular complexity index is 751. The Labute approximate surface area is 133 Å². The van der Waals surface area contributed by atoms with Gasteiger partial charge in [0.2, 0.25) is 5.82 Å². The van der Waals surface area contributed by atoms with Crippen LogP contribution in [-0.4, -0.2) is 15.2 Å². The van der Waals surface area contributed by atoms with Crippen LogP contribution in [0.2, 0.25) is 0 Å². The van der Waals surface area contributed by atoms with Crippen molar-refractivity contribution in [3.05, 3.63) is 51.3 Å². The normalized spacial score (nSPS) is 10.8. The van der Waals surface area contributed by atoms with Gasteiger partial charge in [-0.25, -0.2) is 4.39 Å². The predicted octanol–water partition coefficient (Wildman–Crippen LogP) is 4.16. The fourth-order valence-electron chi connectivity index (χ4n) is 1.96. The number of hydrogen-bond donors (Lipinski definition) is 1. The SMILES string of the molecule is Cc1ccc(F)cc1-c1noc(-c2cc(I)ccc2O)n1. The van der Waals surface area contributed by atoms with Crippen molar-refractivity contribution < 1.29 is 14.0 Å². The molecule has 0 saturated heterocycles. The Morgan fingerprint density at radius 3 is 2.76 bits per heavy atom. The van der Waals surface area contributed by atoms with Crippen LogP contribution in [0.25, 0.3) is 22.8 Å². The van der Waals surface area contributed by atoms with Gasteiger partial charge in [-0.1, -0.05) is 11.2 Å². The van der Waals surface area contributed by atoms with Gasteiger partial charge in [0.1, 0.15) is 11.6 Å². The number of aromatic hydroxyl groups is 1. The van der Waals surface area contributed by atoms with Crippen molar-refractivity contribution in [2.24, 2.45) is 0 Å². The summed E-state index contributed by atoms with van der Waals surface area (Å²) in [6, 6.07) is 9.47. The Hall–Kier alpha value is -1.96. The molecule has 0 unspecified atom stereocenters. The zero-order valence-electron chi connectivity index (χ0n) is 11.0. The summed E-state index contributed by atoms with van der Waals surface area (Å²) >= 11 is 2.13. The van der Waals surface area contributed by atoms with Crippen molar-refractivity contribution in [1.29, 1.82) is 0 Å². The van der Waals surface area contributed by atoms with E-state index < -0.39 is 0 Å². The van der Waals surface area contributed by atoms with Gasteiger partial charge >= 0.3 is 0 Å².